The second-order valence-corrected chi connectivity index (χ2v) is 14.2. The van der Waals surface area contributed by atoms with Gasteiger partial charge in [0.1, 0.15) is 12.1 Å². The molecule has 5 fully saturated rings. The van der Waals surface area contributed by atoms with Crippen LogP contribution in [0.3, 0.4) is 0 Å². The molecule has 1 aromatic heterocycles. The van der Waals surface area contributed by atoms with E-state index in [4.69, 9.17) is 9.31 Å². The topological polar surface area (TPSA) is 135 Å². The number of nitrogens with one attached hydrogen (secondary N) is 3. The van der Waals surface area contributed by atoms with Crippen molar-refractivity contribution >= 4 is 30.8 Å². The van der Waals surface area contributed by atoms with Gasteiger partial charge in [-0.2, -0.15) is 0 Å². The van der Waals surface area contributed by atoms with E-state index in [0.29, 0.717) is 56.6 Å². The number of rotatable bonds is 12. The Morgan fingerprint density at radius 3 is 2.54 bits per heavy atom. The van der Waals surface area contributed by atoms with E-state index in [1.54, 1.807) is 23.4 Å². The molecular weight excluding hydrogens is 583 g/mol. The molecule has 246 valence electrons. The summed E-state index contributed by atoms with van der Waals surface area (Å²) < 4.78 is 13.4. The van der Waals surface area contributed by atoms with Crippen LogP contribution in [0, 0.1) is 17.3 Å². The third-order valence-corrected chi connectivity index (χ3v) is 11.0. The molecule has 5 aliphatic rings. The van der Waals surface area contributed by atoms with Crippen LogP contribution >= 0.6 is 0 Å². The first kappa shape index (κ1) is 32.4. The van der Waals surface area contributed by atoms with E-state index in [9.17, 15) is 14.4 Å². The van der Waals surface area contributed by atoms with Gasteiger partial charge in [-0.15, -0.1) is 0 Å². The standard InChI is InChI=1S/C34H47BN6O5/c1-22(42)39-25(19-23-11-6-5-7-12-23)31(44)41-18-9-13-26(41)30(43)40-29(14-8-15-36-32-37-16-10-17-38-32)35-45-28-21-24-20-27(33(24,2)3)34(28,4)46-35/h5-7,10-12,16-17,24-29H,8-9,13-15,18-21H2,1-4H3,(H,39,42)(H,40,43)(H,36,37,38)/t24?,25-,26+,27?,28-,29+,34+/m1/s1. The summed E-state index contributed by atoms with van der Waals surface area (Å²) in [5.41, 5.74) is 0.743. The molecular formula is C34H47BN6O5. The Kier molecular flexibility index (Phi) is 9.39. The lowest BCUT2D eigenvalue weighted by molar-refractivity contribution is -0.199. The first-order chi connectivity index (χ1) is 22.1. The van der Waals surface area contributed by atoms with Crippen LogP contribution < -0.4 is 16.0 Å². The molecule has 3 amide bonds. The number of likely N-dealkylation sites (tertiary alicyclic amines) is 1. The number of aromatic nitrogens is 2. The van der Waals surface area contributed by atoms with Crippen molar-refractivity contribution in [2.75, 3.05) is 18.4 Å². The molecule has 2 bridgehead atoms. The van der Waals surface area contributed by atoms with E-state index >= 15 is 0 Å². The van der Waals surface area contributed by atoms with Crippen LogP contribution in [0.5, 0.6) is 0 Å². The molecule has 7 rings (SSSR count). The van der Waals surface area contributed by atoms with E-state index in [1.807, 2.05) is 30.3 Å². The number of benzene rings is 1. The van der Waals surface area contributed by atoms with Crippen LogP contribution in [0.4, 0.5) is 5.95 Å². The van der Waals surface area contributed by atoms with Crippen LogP contribution in [0.1, 0.15) is 71.8 Å². The molecule has 2 aliphatic heterocycles. The van der Waals surface area contributed by atoms with Crippen molar-refractivity contribution in [1.82, 2.24) is 25.5 Å². The van der Waals surface area contributed by atoms with Crippen LogP contribution in [-0.2, 0) is 30.1 Å². The van der Waals surface area contributed by atoms with Crippen molar-refractivity contribution in [1.29, 1.82) is 0 Å². The summed E-state index contributed by atoms with van der Waals surface area (Å²) in [6.45, 7) is 9.33. The zero-order chi connectivity index (χ0) is 32.5. The van der Waals surface area contributed by atoms with E-state index in [1.165, 1.54) is 6.92 Å². The van der Waals surface area contributed by atoms with Gasteiger partial charge < -0.3 is 30.2 Å². The normalized spacial score (nSPS) is 28.9. The van der Waals surface area contributed by atoms with Gasteiger partial charge in [0.25, 0.3) is 0 Å². The van der Waals surface area contributed by atoms with Gasteiger partial charge in [0.2, 0.25) is 23.7 Å². The summed E-state index contributed by atoms with van der Waals surface area (Å²) >= 11 is 0. The fourth-order valence-corrected chi connectivity index (χ4v) is 8.34. The second kappa shape index (κ2) is 13.3. The molecule has 11 nitrogen and oxygen atoms in total. The molecule has 3 saturated carbocycles. The first-order valence-electron chi connectivity index (χ1n) is 16.8. The number of carbonyl (C=O) groups is 3. The molecule has 12 heteroatoms. The maximum absolute atomic E-state index is 14.0. The highest BCUT2D eigenvalue weighted by Crippen LogP contribution is 2.65. The van der Waals surface area contributed by atoms with Crippen LogP contribution in [-0.4, -0.2) is 82.5 Å². The van der Waals surface area contributed by atoms with Crippen molar-refractivity contribution in [2.45, 2.75) is 102 Å². The summed E-state index contributed by atoms with van der Waals surface area (Å²) in [4.78, 5) is 50.1. The number of hydrogen-bond donors (Lipinski definition) is 3. The fourth-order valence-electron chi connectivity index (χ4n) is 8.34. The summed E-state index contributed by atoms with van der Waals surface area (Å²) in [6.07, 6.45) is 8.43. The molecule has 1 aromatic carbocycles. The predicted molar refractivity (Wildman–Crippen MR) is 174 cm³/mol. The summed E-state index contributed by atoms with van der Waals surface area (Å²) in [5, 5.41) is 9.33. The lowest BCUT2D eigenvalue weighted by atomic mass is 9.43. The summed E-state index contributed by atoms with van der Waals surface area (Å²) in [7, 11) is -0.585. The van der Waals surface area contributed by atoms with Gasteiger partial charge in [0, 0.05) is 38.8 Å². The van der Waals surface area contributed by atoms with Gasteiger partial charge in [-0.25, -0.2) is 9.97 Å². The maximum atomic E-state index is 14.0. The van der Waals surface area contributed by atoms with Crippen molar-refractivity contribution in [3.8, 4) is 0 Å². The van der Waals surface area contributed by atoms with E-state index < -0.39 is 30.7 Å². The Morgan fingerprint density at radius 1 is 1.07 bits per heavy atom. The molecule has 3 aliphatic carbocycles. The highest BCUT2D eigenvalue weighted by molar-refractivity contribution is 6.48. The maximum Gasteiger partial charge on any atom is 0.481 e. The monoisotopic (exact) mass is 630 g/mol. The molecule has 2 aromatic rings. The summed E-state index contributed by atoms with van der Waals surface area (Å²) in [5.74, 6) is 0.438. The Bertz CT molecular complexity index is 1400. The first-order valence-corrected chi connectivity index (χ1v) is 16.8. The van der Waals surface area contributed by atoms with Crippen LogP contribution in [0.25, 0.3) is 0 Å². The number of amides is 3. The molecule has 3 N–H and O–H groups in total. The Hall–Kier alpha value is -3.51. The summed E-state index contributed by atoms with van der Waals surface area (Å²) in [6, 6.07) is 9.99. The van der Waals surface area contributed by atoms with Gasteiger partial charge in [0.15, 0.2) is 0 Å². The molecule has 3 heterocycles. The van der Waals surface area contributed by atoms with Crippen molar-refractivity contribution < 1.29 is 23.7 Å². The zero-order valence-corrected chi connectivity index (χ0v) is 27.4. The largest absolute Gasteiger partial charge is 0.481 e. The third-order valence-electron chi connectivity index (χ3n) is 11.0. The van der Waals surface area contributed by atoms with Crippen molar-refractivity contribution in [3.05, 3.63) is 54.4 Å². The fraction of sp³-hybridized carbons (Fsp3) is 0.618. The lowest BCUT2D eigenvalue weighted by Gasteiger charge is -2.64. The minimum Gasteiger partial charge on any atom is -0.404 e. The zero-order valence-electron chi connectivity index (χ0n) is 27.4. The average molecular weight is 631 g/mol. The minimum absolute atomic E-state index is 0.00882. The Balaban J connectivity index is 1.15. The van der Waals surface area contributed by atoms with Crippen LogP contribution in [0.15, 0.2) is 48.8 Å². The van der Waals surface area contributed by atoms with Crippen molar-refractivity contribution in [2.24, 2.45) is 17.3 Å². The van der Waals surface area contributed by atoms with E-state index in [0.717, 1.165) is 24.8 Å². The van der Waals surface area contributed by atoms with Gasteiger partial charge in [-0.05, 0) is 74.3 Å². The minimum atomic E-state index is -0.755. The van der Waals surface area contributed by atoms with E-state index in [-0.39, 0.29) is 29.2 Å². The quantitative estimate of drug-likeness (QED) is 0.241. The van der Waals surface area contributed by atoms with Crippen molar-refractivity contribution in [3.63, 3.8) is 0 Å². The lowest BCUT2D eigenvalue weighted by Crippen LogP contribution is -2.65. The van der Waals surface area contributed by atoms with Crippen LogP contribution in [0.2, 0.25) is 0 Å². The highest BCUT2D eigenvalue weighted by Gasteiger charge is 2.68. The molecule has 0 radical (unpaired) electrons. The third kappa shape index (κ3) is 6.51. The number of nitrogens with zero attached hydrogens (tertiary/aromatic N) is 3. The molecule has 7 atom stereocenters. The molecule has 46 heavy (non-hydrogen) atoms. The Morgan fingerprint density at radius 2 is 1.83 bits per heavy atom. The highest BCUT2D eigenvalue weighted by atomic mass is 16.7. The van der Waals surface area contributed by atoms with Gasteiger partial charge in [-0.1, -0.05) is 44.2 Å². The van der Waals surface area contributed by atoms with Gasteiger partial charge in [0.05, 0.1) is 17.6 Å². The van der Waals surface area contributed by atoms with Gasteiger partial charge >= 0.3 is 7.12 Å². The smallest absolute Gasteiger partial charge is 0.404 e. The number of anilines is 1. The predicted octanol–water partition coefficient (Wildman–Crippen LogP) is 3.16. The average Bonchev–Trinajstić information content (AvgIpc) is 3.67. The SMILES string of the molecule is CC(=O)N[C@H](Cc1ccccc1)C(=O)N1CCC[C@H]1C(=O)N[C@@H](CCCNc1ncccn1)B1O[C@@H]2CC3CC(C3(C)C)[C@]2(C)O1. The number of carbonyl (C=O) groups excluding carboxylic acids is 3. The van der Waals surface area contributed by atoms with Gasteiger partial charge in [-0.3, -0.25) is 14.4 Å². The molecule has 2 saturated heterocycles. The number of hydrogen-bond acceptors (Lipinski definition) is 8. The van der Waals surface area contributed by atoms with E-state index in [2.05, 4.69) is 46.7 Å². The molecule has 0 spiro atoms. The Labute approximate surface area is 272 Å². The molecule has 2 unspecified atom stereocenters. The second-order valence-electron chi connectivity index (χ2n) is 14.2.